The van der Waals surface area contributed by atoms with E-state index in [4.69, 9.17) is 15.9 Å². The third kappa shape index (κ3) is 2.63. The monoisotopic (exact) mass is 230 g/mol. The highest BCUT2D eigenvalue weighted by Crippen LogP contribution is 2.13. The van der Waals surface area contributed by atoms with Crippen LogP contribution in [0.15, 0.2) is 36.7 Å². The minimum atomic E-state index is 0.0562. The predicted octanol–water partition coefficient (Wildman–Crippen LogP) is 1.28. The molecule has 0 amide bonds. The highest BCUT2D eigenvalue weighted by molar-refractivity contribution is 5.94. The van der Waals surface area contributed by atoms with Crippen LogP contribution >= 0.6 is 0 Å². The van der Waals surface area contributed by atoms with Crippen molar-refractivity contribution in [1.29, 1.82) is 5.41 Å². The maximum atomic E-state index is 7.27. The summed E-state index contributed by atoms with van der Waals surface area (Å²) in [5.74, 6) is 1.65. The zero-order valence-electron chi connectivity index (χ0n) is 9.55. The predicted molar refractivity (Wildman–Crippen MR) is 65.0 cm³/mol. The number of nitrogens with zero attached hydrogens (tertiary/aromatic N) is 2. The number of hydrogen-bond acceptors (Lipinski definition) is 3. The summed E-state index contributed by atoms with van der Waals surface area (Å²) < 4.78 is 7.48. The van der Waals surface area contributed by atoms with Gasteiger partial charge >= 0.3 is 0 Å². The summed E-state index contributed by atoms with van der Waals surface area (Å²) in [5, 5.41) is 7.27. The Bertz CT molecular complexity index is 516. The van der Waals surface area contributed by atoms with Crippen LogP contribution in [0.5, 0.6) is 5.75 Å². The van der Waals surface area contributed by atoms with E-state index in [0.717, 1.165) is 11.6 Å². The van der Waals surface area contributed by atoms with Crippen molar-refractivity contribution in [1.82, 2.24) is 9.55 Å². The second-order valence-electron chi connectivity index (χ2n) is 3.68. The third-order valence-electron chi connectivity index (χ3n) is 2.45. The average molecular weight is 230 g/mol. The Balaban J connectivity index is 2.00. The Morgan fingerprint density at radius 1 is 1.41 bits per heavy atom. The molecule has 5 nitrogen and oxygen atoms in total. The molecule has 0 saturated carbocycles. The lowest BCUT2D eigenvalue weighted by molar-refractivity contribution is 0.292. The van der Waals surface area contributed by atoms with Gasteiger partial charge in [-0.05, 0) is 24.3 Å². The lowest BCUT2D eigenvalue weighted by Crippen LogP contribution is -2.10. The molecule has 3 N–H and O–H groups in total. The van der Waals surface area contributed by atoms with Crippen LogP contribution in [0.25, 0.3) is 0 Å². The van der Waals surface area contributed by atoms with E-state index in [0.29, 0.717) is 12.2 Å². The van der Waals surface area contributed by atoms with E-state index in [-0.39, 0.29) is 5.84 Å². The Labute approximate surface area is 99.4 Å². The number of hydrogen-bond donors (Lipinski definition) is 2. The van der Waals surface area contributed by atoms with Crippen LogP contribution in [0, 0.1) is 5.41 Å². The summed E-state index contributed by atoms with van der Waals surface area (Å²) in [6, 6.07) is 7.10. The molecule has 0 radical (unpaired) electrons. The fraction of sp³-hybridized carbons (Fsp3) is 0.167. The first kappa shape index (κ1) is 11.2. The minimum Gasteiger partial charge on any atom is -0.486 e. The summed E-state index contributed by atoms with van der Waals surface area (Å²) in [4.78, 5) is 4.16. The Kier molecular flexibility index (Phi) is 3.09. The minimum absolute atomic E-state index is 0.0562. The summed E-state index contributed by atoms with van der Waals surface area (Å²) in [6.45, 7) is 0.420. The largest absolute Gasteiger partial charge is 0.486 e. The zero-order valence-corrected chi connectivity index (χ0v) is 9.55. The van der Waals surface area contributed by atoms with E-state index >= 15 is 0 Å². The maximum absolute atomic E-state index is 7.27. The number of rotatable bonds is 4. The van der Waals surface area contributed by atoms with Crippen molar-refractivity contribution < 1.29 is 4.74 Å². The van der Waals surface area contributed by atoms with Gasteiger partial charge in [0.1, 0.15) is 24.0 Å². The summed E-state index contributed by atoms with van der Waals surface area (Å²) in [7, 11) is 1.92. The number of ether oxygens (including phenoxy) is 1. The molecule has 0 saturated heterocycles. The first-order valence-corrected chi connectivity index (χ1v) is 5.20. The molecular weight excluding hydrogens is 216 g/mol. The number of nitrogen functional groups attached to an aromatic ring is 1. The molecule has 1 aromatic heterocycles. The number of benzene rings is 1. The van der Waals surface area contributed by atoms with Gasteiger partial charge in [-0.2, -0.15) is 0 Å². The van der Waals surface area contributed by atoms with E-state index in [9.17, 15) is 0 Å². The van der Waals surface area contributed by atoms with Gasteiger partial charge in [-0.15, -0.1) is 0 Å². The van der Waals surface area contributed by atoms with Crippen LogP contribution in [0.1, 0.15) is 11.4 Å². The number of amidine groups is 1. The zero-order chi connectivity index (χ0) is 12.3. The number of imidazole rings is 1. The molecule has 17 heavy (non-hydrogen) atoms. The molecule has 0 unspecified atom stereocenters. The van der Waals surface area contributed by atoms with Gasteiger partial charge in [-0.1, -0.05) is 0 Å². The number of aryl methyl sites for hydroxylation is 1. The molecule has 0 spiro atoms. The van der Waals surface area contributed by atoms with Crippen molar-refractivity contribution in [3.05, 3.63) is 48.0 Å². The third-order valence-corrected chi connectivity index (χ3v) is 2.45. The van der Waals surface area contributed by atoms with Crippen LogP contribution in [-0.4, -0.2) is 15.4 Å². The van der Waals surface area contributed by atoms with Crippen LogP contribution in [0.2, 0.25) is 0 Å². The molecule has 5 heteroatoms. The molecule has 0 atom stereocenters. The normalized spacial score (nSPS) is 10.2. The van der Waals surface area contributed by atoms with Crippen LogP contribution in [-0.2, 0) is 13.7 Å². The second kappa shape index (κ2) is 4.69. The standard InChI is InChI=1S/C12H14N4O/c1-16-7-6-15-11(16)8-17-10-4-2-9(3-5-10)12(13)14/h2-7H,8H2,1H3,(H3,13,14). The fourth-order valence-corrected chi connectivity index (χ4v) is 1.41. The second-order valence-corrected chi connectivity index (χ2v) is 3.68. The quantitative estimate of drug-likeness (QED) is 0.613. The topological polar surface area (TPSA) is 76.9 Å². The van der Waals surface area contributed by atoms with Gasteiger partial charge in [-0.3, -0.25) is 5.41 Å². The van der Waals surface area contributed by atoms with Gasteiger partial charge < -0.3 is 15.0 Å². The number of aromatic nitrogens is 2. The Morgan fingerprint density at radius 2 is 2.12 bits per heavy atom. The van der Waals surface area contributed by atoms with Gasteiger partial charge in [0.05, 0.1) is 0 Å². The highest BCUT2D eigenvalue weighted by atomic mass is 16.5. The molecule has 1 aromatic carbocycles. The van der Waals surface area contributed by atoms with E-state index in [1.807, 2.05) is 17.8 Å². The molecule has 2 rings (SSSR count). The van der Waals surface area contributed by atoms with Crippen molar-refractivity contribution >= 4 is 5.84 Å². The molecule has 0 aliphatic rings. The van der Waals surface area contributed by atoms with Crippen molar-refractivity contribution in [3.8, 4) is 5.75 Å². The lowest BCUT2D eigenvalue weighted by Gasteiger charge is -2.06. The molecular formula is C12H14N4O. The van der Waals surface area contributed by atoms with E-state index in [1.165, 1.54) is 0 Å². The molecule has 2 aromatic rings. The van der Waals surface area contributed by atoms with Gasteiger partial charge in [0, 0.05) is 25.0 Å². The summed E-state index contributed by atoms with van der Waals surface area (Å²) in [6.07, 6.45) is 3.61. The number of nitrogens with one attached hydrogen (secondary N) is 1. The molecule has 0 bridgehead atoms. The van der Waals surface area contributed by atoms with Gasteiger partial charge in [-0.25, -0.2) is 4.98 Å². The summed E-state index contributed by atoms with van der Waals surface area (Å²) >= 11 is 0. The maximum Gasteiger partial charge on any atom is 0.146 e. The van der Waals surface area contributed by atoms with Crippen LogP contribution in [0.3, 0.4) is 0 Å². The SMILES string of the molecule is Cn1ccnc1COc1ccc(C(=N)N)cc1. The van der Waals surface area contributed by atoms with E-state index < -0.39 is 0 Å². The Hall–Kier alpha value is -2.30. The van der Waals surface area contributed by atoms with Gasteiger partial charge in [0.25, 0.3) is 0 Å². The summed E-state index contributed by atoms with van der Waals surface area (Å²) in [5.41, 5.74) is 6.05. The van der Waals surface area contributed by atoms with Crippen molar-refractivity contribution in [3.63, 3.8) is 0 Å². The lowest BCUT2D eigenvalue weighted by atomic mass is 10.2. The van der Waals surface area contributed by atoms with E-state index in [2.05, 4.69) is 4.98 Å². The van der Waals surface area contributed by atoms with Gasteiger partial charge in [0.2, 0.25) is 0 Å². The highest BCUT2D eigenvalue weighted by Gasteiger charge is 2.01. The van der Waals surface area contributed by atoms with Crippen LogP contribution in [0.4, 0.5) is 0 Å². The fourth-order valence-electron chi connectivity index (χ4n) is 1.41. The molecule has 0 fully saturated rings. The average Bonchev–Trinajstić information content (AvgIpc) is 2.73. The molecule has 88 valence electrons. The van der Waals surface area contributed by atoms with E-state index in [1.54, 1.807) is 30.5 Å². The molecule has 1 heterocycles. The van der Waals surface area contributed by atoms with Crippen molar-refractivity contribution in [2.24, 2.45) is 12.8 Å². The number of nitrogens with two attached hydrogens (primary N) is 1. The molecule has 0 aliphatic heterocycles. The van der Waals surface area contributed by atoms with Crippen molar-refractivity contribution in [2.75, 3.05) is 0 Å². The Morgan fingerprint density at radius 3 is 2.65 bits per heavy atom. The first-order chi connectivity index (χ1) is 8.16. The first-order valence-electron chi connectivity index (χ1n) is 5.20. The van der Waals surface area contributed by atoms with Crippen LogP contribution < -0.4 is 10.5 Å². The molecule has 0 aliphatic carbocycles. The smallest absolute Gasteiger partial charge is 0.146 e. The van der Waals surface area contributed by atoms with Gasteiger partial charge in [0.15, 0.2) is 0 Å². The van der Waals surface area contributed by atoms with Crippen molar-refractivity contribution in [2.45, 2.75) is 6.61 Å².